The van der Waals surface area contributed by atoms with E-state index in [-0.39, 0.29) is 11.5 Å². The van der Waals surface area contributed by atoms with E-state index in [2.05, 4.69) is 27.5 Å². The van der Waals surface area contributed by atoms with Crippen LogP contribution in [0.4, 0.5) is 11.5 Å². The first kappa shape index (κ1) is 32.4. The van der Waals surface area contributed by atoms with Crippen LogP contribution in [0.15, 0.2) is 53.6 Å². The first-order valence-corrected chi connectivity index (χ1v) is 16.9. The molecule has 1 atom stereocenters. The summed E-state index contributed by atoms with van der Waals surface area (Å²) >= 11 is 0. The molecular weight excluding hydrogens is 562 g/mol. The second kappa shape index (κ2) is 14.3. The number of rotatable bonds is 2. The Morgan fingerprint density at radius 3 is 2.49 bits per heavy atom. The summed E-state index contributed by atoms with van der Waals surface area (Å²) in [5.74, 6) is 0.455. The van der Waals surface area contributed by atoms with E-state index in [0.717, 1.165) is 37.7 Å². The van der Waals surface area contributed by atoms with Gasteiger partial charge in [0, 0.05) is 17.7 Å². The van der Waals surface area contributed by atoms with Gasteiger partial charge in [0.1, 0.15) is 5.75 Å². The summed E-state index contributed by atoms with van der Waals surface area (Å²) < 4.78 is 32.8. The number of nitrogens with two attached hydrogens (primary N) is 1. The van der Waals surface area contributed by atoms with Crippen molar-refractivity contribution in [1.82, 2.24) is 15.3 Å². The molecule has 3 heterocycles. The SMILES string of the molecule is CC.CNCc1cccc2c1OCCCCCCC(C)CC1(CC1)S(=O)(=O)c1ccc(cc1)-c1cnc(N)c(n1)C(=O)N2. The van der Waals surface area contributed by atoms with Crippen molar-refractivity contribution in [3.05, 3.63) is 59.9 Å². The van der Waals surface area contributed by atoms with Gasteiger partial charge < -0.3 is 21.1 Å². The molecule has 1 spiro atoms. The van der Waals surface area contributed by atoms with Gasteiger partial charge in [-0.25, -0.2) is 18.4 Å². The van der Waals surface area contributed by atoms with Gasteiger partial charge in [0.15, 0.2) is 21.3 Å². The van der Waals surface area contributed by atoms with Crippen LogP contribution in [0.5, 0.6) is 5.75 Å². The molecule has 10 heteroatoms. The minimum Gasteiger partial charge on any atom is -0.491 e. The fourth-order valence-corrected chi connectivity index (χ4v) is 7.84. The van der Waals surface area contributed by atoms with Crippen LogP contribution in [0.1, 0.15) is 88.2 Å². The maximum Gasteiger partial charge on any atom is 0.278 e. The van der Waals surface area contributed by atoms with Gasteiger partial charge in [-0.1, -0.05) is 70.7 Å². The Balaban J connectivity index is 0.00000207. The highest BCUT2D eigenvalue weighted by molar-refractivity contribution is 7.93. The molecule has 1 fully saturated rings. The van der Waals surface area contributed by atoms with Crippen molar-refractivity contribution in [2.24, 2.45) is 5.92 Å². The van der Waals surface area contributed by atoms with Crippen LogP contribution in [-0.4, -0.2) is 42.7 Å². The summed E-state index contributed by atoms with van der Waals surface area (Å²) in [5.41, 5.74) is 8.60. The average Bonchev–Trinajstić information content (AvgIpc) is 3.80. The van der Waals surface area contributed by atoms with Crippen molar-refractivity contribution < 1.29 is 17.9 Å². The molecule has 1 aromatic heterocycles. The molecule has 6 rings (SSSR count). The molecule has 3 aromatic rings. The Kier molecular flexibility index (Phi) is 10.8. The largest absolute Gasteiger partial charge is 0.491 e. The molecule has 1 unspecified atom stereocenters. The zero-order chi connectivity index (χ0) is 31.0. The van der Waals surface area contributed by atoms with E-state index in [9.17, 15) is 13.2 Å². The predicted molar refractivity (Wildman–Crippen MR) is 172 cm³/mol. The number of hydrogen-bond donors (Lipinski definition) is 3. The van der Waals surface area contributed by atoms with Crippen molar-refractivity contribution >= 4 is 27.2 Å². The first-order chi connectivity index (χ1) is 20.7. The Morgan fingerprint density at radius 2 is 1.79 bits per heavy atom. The summed E-state index contributed by atoms with van der Waals surface area (Å²) in [4.78, 5) is 22.4. The van der Waals surface area contributed by atoms with Crippen molar-refractivity contribution in [3.63, 3.8) is 0 Å². The lowest BCUT2D eigenvalue weighted by Gasteiger charge is -2.21. The van der Waals surface area contributed by atoms with Gasteiger partial charge in [0.25, 0.3) is 5.91 Å². The summed E-state index contributed by atoms with van der Waals surface area (Å²) in [5, 5.41) is 6.07. The third kappa shape index (κ3) is 7.36. The number of carbonyl (C=O) groups excluding carboxylic acids is 1. The monoisotopic (exact) mass is 607 g/mol. The number of nitrogen functional groups attached to an aromatic ring is 1. The topological polar surface area (TPSA) is 136 Å². The fourth-order valence-electron chi connectivity index (χ4n) is 5.71. The van der Waals surface area contributed by atoms with Crippen molar-refractivity contribution in [2.75, 3.05) is 24.7 Å². The lowest BCUT2D eigenvalue weighted by atomic mass is 9.97. The molecule has 1 amide bonds. The molecule has 0 radical (unpaired) electrons. The summed E-state index contributed by atoms with van der Waals surface area (Å²) in [6, 6.07) is 12.3. The molecule has 2 aromatic carbocycles. The van der Waals surface area contributed by atoms with Gasteiger partial charge in [-0.05, 0) is 56.8 Å². The Labute approximate surface area is 256 Å². The zero-order valence-electron chi connectivity index (χ0n) is 25.8. The molecule has 4 bridgehead atoms. The van der Waals surface area contributed by atoms with Gasteiger partial charge >= 0.3 is 0 Å². The van der Waals surface area contributed by atoms with Crippen LogP contribution in [-0.2, 0) is 16.4 Å². The Morgan fingerprint density at radius 1 is 1.07 bits per heavy atom. The smallest absolute Gasteiger partial charge is 0.278 e. The second-order valence-electron chi connectivity index (χ2n) is 11.3. The minimum atomic E-state index is -3.47. The number of aromatic nitrogens is 2. The normalized spacial score (nSPS) is 19.8. The third-order valence-electron chi connectivity index (χ3n) is 8.12. The summed E-state index contributed by atoms with van der Waals surface area (Å²) in [6.45, 7) is 7.28. The summed E-state index contributed by atoms with van der Waals surface area (Å²) in [7, 11) is -1.60. The fraction of sp³-hybridized carbons (Fsp3) is 0.485. The number of carbonyl (C=O) groups is 1. The van der Waals surface area contributed by atoms with Crippen LogP contribution in [0.3, 0.4) is 0 Å². The molecular formula is C33H45N5O4S. The van der Waals surface area contributed by atoms with E-state index >= 15 is 0 Å². The highest BCUT2D eigenvalue weighted by Crippen LogP contribution is 2.51. The zero-order valence-corrected chi connectivity index (χ0v) is 26.6. The molecule has 1 saturated carbocycles. The van der Waals surface area contributed by atoms with Crippen molar-refractivity contribution in [2.45, 2.75) is 88.3 Å². The van der Waals surface area contributed by atoms with Crippen LogP contribution >= 0.6 is 0 Å². The van der Waals surface area contributed by atoms with E-state index in [4.69, 9.17) is 10.5 Å². The van der Waals surface area contributed by atoms with E-state index < -0.39 is 20.5 Å². The molecule has 2 aliphatic heterocycles. The number of para-hydroxylation sites is 1. The van der Waals surface area contributed by atoms with Gasteiger partial charge in [0.05, 0.1) is 33.8 Å². The minimum absolute atomic E-state index is 0.00134. The molecule has 43 heavy (non-hydrogen) atoms. The molecule has 3 aliphatic rings. The van der Waals surface area contributed by atoms with E-state index in [0.29, 0.717) is 65.9 Å². The van der Waals surface area contributed by atoms with Gasteiger partial charge in [-0.15, -0.1) is 0 Å². The number of sulfone groups is 1. The number of nitrogens with zero attached hydrogens (tertiary/aromatic N) is 2. The molecule has 0 saturated heterocycles. The number of ether oxygens (including phenoxy) is 1. The van der Waals surface area contributed by atoms with Crippen LogP contribution < -0.4 is 21.1 Å². The van der Waals surface area contributed by atoms with E-state index in [1.165, 1.54) is 6.20 Å². The number of benzene rings is 2. The number of anilines is 2. The molecule has 232 valence electrons. The number of amides is 1. The van der Waals surface area contributed by atoms with E-state index in [1.54, 1.807) is 30.3 Å². The number of nitrogens with one attached hydrogen (secondary N) is 2. The van der Waals surface area contributed by atoms with Crippen LogP contribution in [0.2, 0.25) is 0 Å². The first-order valence-electron chi connectivity index (χ1n) is 15.4. The second-order valence-corrected chi connectivity index (χ2v) is 13.7. The standard InChI is InChI=1S/C31H39N5O4S.C2H6/c1-21-8-5-3-4-6-17-40-28-23(19-33-2)9-7-10-25(28)36-30(37)27-29(32)34-20-26(35-27)22-11-13-24(14-12-22)41(38,39)31(18-21)15-16-31;1-2/h7,9-14,20-21,33H,3-6,8,15-19H2,1-2H3,(H2,32,34)(H,36,37);1-2H3. The lowest BCUT2D eigenvalue weighted by molar-refractivity contribution is 0.102. The molecule has 4 N–H and O–H groups in total. The lowest BCUT2D eigenvalue weighted by Crippen LogP contribution is -2.26. The summed E-state index contributed by atoms with van der Waals surface area (Å²) in [6.07, 6.45) is 8.61. The van der Waals surface area contributed by atoms with Gasteiger partial charge in [0.2, 0.25) is 0 Å². The predicted octanol–water partition coefficient (Wildman–Crippen LogP) is 6.40. The molecule has 9 nitrogen and oxygen atoms in total. The van der Waals surface area contributed by atoms with Crippen LogP contribution in [0.25, 0.3) is 11.3 Å². The van der Waals surface area contributed by atoms with Crippen molar-refractivity contribution in [3.8, 4) is 17.0 Å². The quantitative estimate of drug-likeness (QED) is 0.305. The van der Waals surface area contributed by atoms with E-state index in [1.807, 2.05) is 33.0 Å². The highest BCUT2D eigenvalue weighted by Gasteiger charge is 2.55. The maximum atomic E-state index is 13.6. The van der Waals surface area contributed by atoms with Gasteiger partial charge in [-0.3, -0.25) is 4.79 Å². The molecule has 1 aliphatic carbocycles. The van der Waals surface area contributed by atoms with Crippen molar-refractivity contribution in [1.29, 1.82) is 0 Å². The third-order valence-corrected chi connectivity index (χ3v) is 10.7. The maximum absolute atomic E-state index is 13.6. The Hall–Kier alpha value is -3.50. The van der Waals surface area contributed by atoms with Crippen LogP contribution in [0, 0.1) is 5.92 Å². The van der Waals surface area contributed by atoms with Gasteiger partial charge in [-0.2, -0.15) is 0 Å². The average molecular weight is 608 g/mol. The highest BCUT2D eigenvalue weighted by atomic mass is 32.2. The number of fused-ring (bicyclic) bond motifs is 11. The number of hydrogen-bond acceptors (Lipinski definition) is 8. The Bertz CT molecular complexity index is 1500.